The number of benzene rings is 8. The highest BCUT2D eigenvalue weighted by Gasteiger charge is 2.20. The van der Waals surface area contributed by atoms with Gasteiger partial charge in [0.1, 0.15) is 0 Å². The molecule has 53 heavy (non-hydrogen) atoms. The van der Waals surface area contributed by atoms with E-state index in [2.05, 4.69) is 138 Å². The molecule has 10 aromatic rings. The molecule has 2 heterocycles. The maximum Gasteiger partial charge on any atom is 0.164 e. The van der Waals surface area contributed by atoms with Crippen LogP contribution >= 0.6 is 0 Å². The van der Waals surface area contributed by atoms with Gasteiger partial charge in [0.25, 0.3) is 0 Å². The average molecular weight is 677 g/mol. The smallest absolute Gasteiger partial charge is 0.164 e. The van der Waals surface area contributed by atoms with Crippen LogP contribution in [0.2, 0.25) is 0 Å². The number of aromatic nitrogens is 4. The van der Waals surface area contributed by atoms with Gasteiger partial charge in [-0.3, -0.25) is 0 Å². The van der Waals surface area contributed by atoms with Gasteiger partial charge in [-0.25, -0.2) is 15.0 Å². The van der Waals surface area contributed by atoms with Crippen molar-refractivity contribution >= 4 is 32.6 Å². The molecule has 0 atom stereocenters. The first-order chi connectivity index (χ1) is 26.3. The van der Waals surface area contributed by atoms with Crippen molar-refractivity contribution in [3.63, 3.8) is 0 Å². The predicted octanol–water partition coefficient (Wildman–Crippen LogP) is 12.5. The molecule has 0 aliphatic rings. The van der Waals surface area contributed by atoms with Crippen molar-refractivity contribution in [2.75, 3.05) is 0 Å². The van der Waals surface area contributed by atoms with Gasteiger partial charge in [0, 0.05) is 33.2 Å². The van der Waals surface area contributed by atoms with Gasteiger partial charge in [-0.15, -0.1) is 0 Å². The molecule has 2 aromatic heterocycles. The molecule has 0 fully saturated rings. The minimum absolute atomic E-state index is 0.640. The van der Waals surface area contributed by atoms with Gasteiger partial charge in [0.05, 0.1) is 11.0 Å². The van der Waals surface area contributed by atoms with Gasteiger partial charge in [0.2, 0.25) is 0 Å². The summed E-state index contributed by atoms with van der Waals surface area (Å²) >= 11 is 0. The van der Waals surface area contributed by atoms with E-state index in [1.807, 2.05) is 60.7 Å². The summed E-state index contributed by atoms with van der Waals surface area (Å²) in [6.45, 7) is 0. The quantitative estimate of drug-likeness (QED) is 0.176. The Bertz CT molecular complexity index is 2860. The molecule has 0 saturated heterocycles. The first-order valence-corrected chi connectivity index (χ1v) is 17.9. The van der Waals surface area contributed by atoms with Crippen LogP contribution in [0.25, 0.3) is 94.7 Å². The number of nitrogens with zero attached hydrogens (tertiary/aromatic N) is 4. The molecule has 10 rings (SSSR count). The minimum Gasteiger partial charge on any atom is -0.309 e. The van der Waals surface area contributed by atoms with E-state index in [9.17, 15) is 0 Å². The van der Waals surface area contributed by atoms with Crippen molar-refractivity contribution < 1.29 is 0 Å². The summed E-state index contributed by atoms with van der Waals surface area (Å²) in [4.78, 5) is 14.8. The molecule has 248 valence electrons. The lowest BCUT2D eigenvalue weighted by atomic mass is 9.94. The molecule has 0 amide bonds. The molecular weight excluding hydrogens is 645 g/mol. The van der Waals surface area contributed by atoms with E-state index in [0.29, 0.717) is 17.5 Å². The monoisotopic (exact) mass is 676 g/mol. The number of rotatable bonds is 6. The Labute approximate surface area is 307 Å². The molecule has 8 aromatic carbocycles. The standard InChI is InChI=1S/C49H32N4/c1-4-15-34(16-5-1)41-22-12-24-43-45(41)46-42(23-13-25-44(46)53(43)40-31-30-33-14-10-11-21-39(33)32-40)35-26-28-38(29-27-35)49-51-47(36-17-6-2-7-18-36)50-48(52-49)37-19-8-3-9-20-37/h1-32H. The van der Waals surface area contributed by atoms with E-state index in [4.69, 9.17) is 15.0 Å². The van der Waals surface area contributed by atoms with Crippen LogP contribution in [-0.4, -0.2) is 19.5 Å². The lowest BCUT2D eigenvalue weighted by Crippen LogP contribution is -2.00. The topological polar surface area (TPSA) is 43.6 Å². The molecule has 0 unspecified atom stereocenters. The Morgan fingerprint density at radius 2 is 0.717 bits per heavy atom. The van der Waals surface area contributed by atoms with Crippen LogP contribution < -0.4 is 0 Å². The summed E-state index contributed by atoms with van der Waals surface area (Å²) in [5.41, 5.74) is 11.0. The highest BCUT2D eigenvalue weighted by atomic mass is 15.0. The van der Waals surface area contributed by atoms with Crippen LogP contribution in [0.3, 0.4) is 0 Å². The Kier molecular flexibility index (Phi) is 7.43. The number of fused-ring (bicyclic) bond motifs is 4. The van der Waals surface area contributed by atoms with Gasteiger partial charge in [0.15, 0.2) is 17.5 Å². The fourth-order valence-electron chi connectivity index (χ4n) is 7.54. The zero-order valence-electron chi connectivity index (χ0n) is 28.8. The van der Waals surface area contributed by atoms with Crippen LogP contribution in [0.5, 0.6) is 0 Å². The van der Waals surface area contributed by atoms with Crippen LogP contribution in [0.1, 0.15) is 0 Å². The van der Waals surface area contributed by atoms with E-state index in [1.165, 1.54) is 43.8 Å². The average Bonchev–Trinajstić information content (AvgIpc) is 3.59. The summed E-state index contributed by atoms with van der Waals surface area (Å²) in [6.07, 6.45) is 0. The van der Waals surface area contributed by atoms with Crippen LogP contribution in [-0.2, 0) is 0 Å². The highest BCUT2D eigenvalue weighted by Crippen LogP contribution is 2.43. The summed E-state index contributed by atoms with van der Waals surface area (Å²) in [5, 5.41) is 4.91. The van der Waals surface area contributed by atoms with Crippen molar-refractivity contribution in [2.24, 2.45) is 0 Å². The molecular formula is C49H32N4. The van der Waals surface area contributed by atoms with E-state index < -0.39 is 0 Å². The second-order valence-corrected chi connectivity index (χ2v) is 13.2. The summed E-state index contributed by atoms with van der Waals surface area (Å²) in [7, 11) is 0. The van der Waals surface area contributed by atoms with Gasteiger partial charge in [-0.1, -0.05) is 170 Å². The number of hydrogen-bond donors (Lipinski definition) is 0. The lowest BCUT2D eigenvalue weighted by molar-refractivity contribution is 1.07. The first-order valence-electron chi connectivity index (χ1n) is 17.9. The predicted molar refractivity (Wildman–Crippen MR) is 219 cm³/mol. The van der Waals surface area contributed by atoms with E-state index in [0.717, 1.165) is 33.5 Å². The molecule has 4 heteroatoms. The first kappa shape index (κ1) is 30.6. The lowest BCUT2D eigenvalue weighted by Gasteiger charge is -2.11. The van der Waals surface area contributed by atoms with Crippen molar-refractivity contribution in [3.8, 4) is 62.1 Å². The molecule has 0 radical (unpaired) electrons. The fraction of sp³-hybridized carbons (Fsp3) is 0. The van der Waals surface area contributed by atoms with Crippen molar-refractivity contribution in [2.45, 2.75) is 0 Å². The zero-order chi connectivity index (χ0) is 35.1. The van der Waals surface area contributed by atoms with Gasteiger partial charge in [-0.2, -0.15) is 0 Å². The van der Waals surface area contributed by atoms with Crippen LogP contribution in [0.4, 0.5) is 0 Å². The van der Waals surface area contributed by atoms with E-state index in [1.54, 1.807) is 0 Å². The highest BCUT2D eigenvalue weighted by molar-refractivity contribution is 6.20. The Morgan fingerprint density at radius 3 is 1.25 bits per heavy atom. The third-order valence-electron chi connectivity index (χ3n) is 10.0. The molecule has 0 N–H and O–H groups in total. The number of hydrogen-bond acceptors (Lipinski definition) is 3. The van der Waals surface area contributed by atoms with Crippen molar-refractivity contribution in [3.05, 3.63) is 194 Å². The zero-order valence-corrected chi connectivity index (χ0v) is 28.8. The normalized spacial score (nSPS) is 11.4. The summed E-state index contributed by atoms with van der Waals surface area (Å²) in [6, 6.07) is 68.2. The second kappa shape index (κ2) is 12.9. The summed E-state index contributed by atoms with van der Waals surface area (Å²) < 4.78 is 2.42. The van der Waals surface area contributed by atoms with Crippen LogP contribution in [0, 0.1) is 0 Å². The molecule has 0 aliphatic heterocycles. The van der Waals surface area contributed by atoms with Gasteiger partial charge >= 0.3 is 0 Å². The fourth-order valence-corrected chi connectivity index (χ4v) is 7.54. The van der Waals surface area contributed by atoms with E-state index in [-0.39, 0.29) is 0 Å². The SMILES string of the molecule is c1ccc(-c2nc(-c3ccccc3)nc(-c3ccc(-c4cccc5c4c4c(-c6ccccc6)cccc4n5-c4ccc5ccccc5c4)cc3)n2)cc1. The third-order valence-corrected chi connectivity index (χ3v) is 10.0. The molecule has 0 spiro atoms. The maximum absolute atomic E-state index is 4.97. The van der Waals surface area contributed by atoms with Crippen molar-refractivity contribution in [1.82, 2.24) is 19.5 Å². The van der Waals surface area contributed by atoms with E-state index >= 15 is 0 Å². The Balaban J connectivity index is 1.16. The molecule has 0 saturated carbocycles. The van der Waals surface area contributed by atoms with Crippen LogP contribution in [0.15, 0.2) is 194 Å². The largest absolute Gasteiger partial charge is 0.309 e. The molecule has 4 nitrogen and oxygen atoms in total. The van der Waals surface area contributed by atoms with Gasteiger partial charge < -0.3 is 4.57 Å². The van der Waals surface area contributed by atoms with Gasteiger partial charge in [-0.05, 0) is 57.3 Å². The summed E-state index contributed by atoms with van der Waals surface area (Å²) in [5.74, 6) is 1.94. The van der Waals surface area contributed by atoms with Crippen molar-refractivity contribution in [1.29, 1.82) is 0 Å². The molecule has 0 bridgehead atoms. The third kappa shape index (κ3) is 5.45. The minimum atomic E-state index is 0.640. The Hall–Kier alpha value is -7.17. The maximum atomic E-state index is 4.97. The molecule has 0 aliphatic carbocycles. The Morgan fingerprint density at radius 1 is 0.302 bits per heavy atom. The second-order valence-electron chi connectivity index (χ2n) is 13.2.